The van der Waals surface area contributed by atoms with Crippen molar-refractivity contribution in [1.82, 2.24) is 5.32 Å². The van der Waals surface area contributed by atoms with Crippen molar-refractivity contribution < 1.29 is 0 Å². The van der Waals surface area contributed by atoms with Crippen LogP contribution in [0.25, 0.3) is 0 Å². The SMILES string of the molecule is CCNC(c1ccc(Br)c(C)c1)c1cc(Br)c(Br)s1. The minimum atomic E-state index is 0.240. The Labute approximate surface area is 143 Å². The number of hydrogen-bond donors (Lipinski definition) is 1. The lowest BCUT2D eigenvalue weighted by Crippen LogP contribution is -2.21. The van der Waals surface area contributed by atoms with Gasteiger partial charge in [-0.2, -0.15) is 0 Å². The number of aryl methyl sites for hydroxylation is 1. The third-order valence-electron chi connectivity index (χ3n) is 2.87. The molecule has 1 nitrogen and oxygen atoms in total. The summed E-state index contributed by atoms with van der Waals surface area (Å²) in [4.78, 5) is 1.31. The average molecular weight is 468 g/mol. The summed E-state index contributed by atoms with van der Waals surface area (Å²) in [5.74, 6) is 0. The molecule has 2 rings (SSSR count). The maximum absolute atomic E-state index is 3.57. The molecular weight excluding hydrogens is 454 g/mol. The highest BCUT2D eigenvalue weighted by atomic mass is 79.9. The maximum atomic E-state index is 3.57. The third-order valence-corrected chi connectivity index (χ3v) is 7.08. The molecule has 1 N–H and O–H groups in total. The Kier molecular flexibility index (Phi) is 5.66. The Morgan fingerprint density at radius 2 is 1.89 bits per heavy atom. The zero-order chi connectivity index (χ0) is 14.0. The van der Waals surface area contributed by atoms with Crippen molar-refractivity contribution in [3.63, 3.8) is 0 Å². The molecule has 0 bridgehead atoms. The molecule has 0 radical (unpaired) electrons. The largest absolute Gasteiger partial charge is 0.306 e. The molecule has 0 spiro atoms. The second kappa shape index (κ2) is 6.85. The molecule has 1 aromatic heterocycles. The predicted octanol–water partition coefficient (Wildman–Crippen LogP) is 6.04. The third kappa shape index (κ3) is 3.70. The first kappa shape index (κ1) is 15.7. The zero-order valence-corrected chi connectivity index (χ0v) is 16.2. The van der Waals surface area contributed by atoms with Gasteiger partial charge in [0.15, 0.2) is 0 Å². The number of rotatable bonds is 4. The predicted molar refractivity (Wildman–Crippen MR) is 94.1 cm³/mol. The Morgan fingerprint density at radius 1 is 1.16 bits per heavy atom. The first-order valence-corrected chi connectivity index (χ1v) is 9.16. The number of nitrogens with one attached hydrogen (secondary N) is 1. The summed E-state index contributed by atoms with van der Waals surface area (Å²) in [7, 11) is 0. The number of benzene rings is 1. The van der Waals surface area contributed by atoms with Crippen molar-refractivity contribution in [3.8, 4) is 0 Å². The lowest BCUT2D eigenvalue weighted by atomic mass is 10.0. The quantitative estimate of drug-likeness (QED) is 0.577. The summed E-state index contributed by atoms with van der Waals surface area (Å²) in [6.07, 6.45) is 0. The van der Waals surface area contributed by atoms with Crippen LogP contribution in [0.2, 0.25) is 0 Å². The Balaban J connectivity index is 2.41. The van der Waals surface area contributed by atoms with E-state index in [1.807, 2.05) is 0 Å². The van der Waals surface area contributed by atoms with E-state index in [2.05, 4.69) is 91.2 Å². The monoisotopic (exact) mass is 465 g/mol. The fraction of sp³-hybridized carbons (Fsp3) is 0.286. The second-order valence-corrected chi connectivity index (χ2v) is 8.38. The number of thiophene rings is 1. The highest BCUT2D eigenvalue weighted by Gasteiger charge is 2.17. The van der Waals surface area contributed by atoms with Gasteiger partial charge in [-0.25, -0.2) is 0 Å². The highest BCUT2D eigenvalue weighted by molar-refractivity contribution is 9.13. The standard InChI is InChI=1S/C14H14Br3NS/c1-3-18-13(12-7-11(16)14(17)19-12)9-4-5-10(15)8(2)6-9/h4-7,13,18H,3H2,1-2H3. The van der Waals surface area contributed by atoms with Gasteiger partial charge < -0.3 is 5.32 Å². The Hall–Kier alpha value is 0.320. The molecule has 19 heavy (non-hydrogen) atoms. The Morgan fingerprint density at radius 3 is 2.42 bits per heavy atom. The van der Waals surface area contributed by atoms with Crippen LogP contribution >= 0.6 is 59.1 Å². The normalized spacial score (nSPS) is 12.7. The van der Waals surface area contributed by atoms with Crippen molar-refractivity contribution in [1.29, 1.82) is 0 Å². The second-order valence-electron chi connectivity index (χ2n) is 4.27. The van der Waals surface area contributed by atoms with E-state index >= 15 is 0 Å². The smallest absolute Gasteiger partial charge is 0.0843 e. The van der Waals surface area contributed by atoms with Crippen LogP contribution in [0.15, 0.2) is 37.0 Å². The lowest BCUT2D eigenvalue weighted by molar-refractivity contribution is 0.639. The summed E-state index contributed by atoms with van der Waals surface area (Å²) < 4.78 is 3.41. The summed E-state index contributed by atoms with van der Waals surface area (Å²) in [6, 6.07) is 8.95. The van der Waals surface area contributed by atoms with Crippen LogP contribution in [-0.2, 0) is 0 Å². The van der Waals surface area contributed by atoms with Crippen LogP contribution in [0, 0.1) is 6.92 Å². The van der Waals surface area contributed by atoms with E-state index in [0.717, 1.165) is 19.3 Å². The van der Waals surface area contributed by atoms with Gasteiger partial charge in [0, 0.05) is 13.8 Å². The van der Waals surface area contributed by atoms with Crippen molar-refractivity contribution >= 4 is 59.1 Å². The maximum Gasteiger partial charge on any atom is 0.0843 e. The number of halogens is 3. The van der Waals surface area contributed by atoms with Crippen LogP contribution in [0.3, 0.4) is 0 Å². The molecule has 102 valence electrons. The molecule has 0 aliphatic rings. The molecule has 0 fully saturated rings. The van der Waals surface area contributed by atoms with E-state index in [9.17, 15) is 0 Å². The van der Waals surface area contributed by atoms with Gasteiger partial charge in [0.05, 0.1) is 9.83 Å². The Bertz CT molecular complexity index is 561. The van der Waals surface area contributed by atoms with Crippen LogP contribution in [0.5, 0.6) is 0 Å². The van der Waals surface area contributed by atoms with Gasteiger partial charge in [0.25, 0.3) is 0 Å². The topological polar surface area (TPSA) is 12.0 Å². The first-order chi connectivity index (χ1) is 9.02. The highest BCUT2D eigenvalue weighted by Crippen LogP contribution is 2.38. The molecule has 0 aliphatic heterocycles. The summed E-state index contributed by atoms with van der Waals surface area (Å²) in [6.45, 7) is 5.19. The number of hydrogen-bond acceptors (Lipinski definition) is 2. The molecule has 1 aromatic carbocycles. The molecule has 2 aromatic rings. The minimum Gasteiger partial charge on any atom is -0.306 e. The molecule has 1 heterocycles. The summed E-state index contributed by atoms with van der Waals surface area (Å²) in [5, 5.41) is 3.56. The van der Waals surface area contributed by atoms with Gasteiger partial charge >= 0.3 is 0 Å². The molecule has 0 amide bonds. The van der Waals surface area contributed by atoms with Crippen molar-refractivity contribution in [3.05, 3.63) is 53.0 Å². The summed E-state index contributed by atoms with van der Waals surface area (Å²) in [5.41, 5.74) is 2.55. The van der Waals surface area contributed by atoms with Crippen LogP contribution in [0.1, 0.15) is 29.0 Å². The fourth-order valence-corrected chi connectivity index (χ4v) is 4.38. The van der Waals surface area contributed by atoms with Crippen molar-refractivity contribution in [2.45, 2.75) is 19.9 Å². The summed E-state index contributed by atoms with van der Waals surface area (Å²) >= 11 is 12.5. The van der Waals surface area contributed by atoms with E-state index in [-0.39, 0.29) is 6.04 Å². The molecular formula is C14H14Br3NS. The van der Waals surface area contributed by atoms with Gasteiger partial charge in [-0.05, 0) is 68.6 Å². The van der Waals surface area contributed by atoms with Gasteiger partial charge in [-0.1, -0.05) is 35.0 Å². The lowest BCUT2D eigenvalue weighted by Gasteiger charge is -2.18. The van der Waals surface area contributed by atoms with Crippen LogP contribution in [-0.4, -0.2) is 6.54 Å². The van der Waals surface area contributed by atoms with E-state index in [1.165, 1.54) is 16.0 Å². The molecule has 0 aliphatic carbocycles. The van der Waals surface area contributed by atoms with E-state index in [1.54, 1.807) is 11.3 Å². The van der Waals surface area contributed by atoms with Crippen molar-refractivity contribution in [2.75, 3.05) is 6.54 Å². The van der Waals surface area contributed by atoms with Gasteiger partial charge in [0.1, 0.15) is 0 Å². The zero-order valence-electron chi connectivity index (χ0n) is 10.6. The van der Waals surface area contributed by atoms with Crippen LogP contribution in [0.4, 0.5) is 0 Å². The fourth-order valence-electron chi connectivity index (χ4n) is 1.94. The average Bonchev–Trinajstić information content (AvgIpc) is 2.70. The van der Waals surface area contributed by atoms with Crippen LogP contribution < -0.4 is 5.32 Å². The van der Waals surface area contributed by atoms with Gasteiger partial charge in [-0.3, -0.25) is 0 Å². The van der Waals surface area contributed by atoms with E-state index in [0.29, 0.717) is 0 Å². The molecule has 5 heteroatoms. The van der Waals surface area contributed by atoms with Gasteiger partial charge in [0.2, 0.25) is 0 Å². The van der Waals surface area contributed by atoms with Crippen molar-refractivity contribution in [2.24, 2.45) is 0 Å². The molecule has 1 unspecified atom stereocenters. The molecule has 0 saturated carbocycles. The van der Waals surface area contributed by atoms with Gasteiger partial charge in [-0.15, -0.1) is 11.3 Å². The minimum absolute atomic E-state index is 0.240. The molecule has 0 saturated heterocycles. The molecule has 1 atom stereocenters. The first-order valence-electron chi connectivity index (χ1n) is 5.97. The van der Waals surface area contributed by atoms with E-state index in [4.69, 9.17) is 0 Å². The van der Waals surface area contributed by atoms with E-state index < -0.39 is 0 Å².